The van der Waals surface area contributed by atoms with Crippen molar-refractivity contribution in [3.8, 4) is 0 Å². The van der Waals surface area contributed by atoms with Crippen molar-refractivity contribution >= 4 is 67.7 Å². The van der Waals surface area contributed by atoms with Crippen molar-refractivity contribution < 1.29 is 0 Å². The Hall–Kier alpha value is -0.150. The molecule has 0 spiro atoms. The molecule has 2 heterocycles. The fraction of sp³-hybridized carbons (Fsp3) is 0.333. The van der Waals surface area contributed by atoms with Gasteiger partial charge in [0, 0.05) is 41.6 Å². The molecule has 23 heavy (non-hydrogen) atoms. The lowest BCUT2D eigenvalue weighted by Gasteiger charge is -2.23. The smallest absolute Gasteiger partial charge is 0.226 e. The number of benzene rings is 1. The standard InChI is InChI=1S/C15H14BrCl2IN4/c16-10-7-21-15(22-8-10)23-4-3-13(14(23)19)20-6-9-1-2-11(17)5-12(9)18/h1-2,5,7-8,13-14,20H,3-4,6H2. The van der Waals surface area contributed by atoms with Crippen LogP contribution in [-0.2, 0) is 6.54 Å². The van der Waals surface area contributed by atoms with Crippen molar-refractivity contribution in [2.45, 2.75) is 23.1 Å². The van der Waals surface area contributed by atoms with Crippen LogP contribution < -0.4 is 10.2 Å². The summed E-state index contributed by atoms with van der Waals surface area (Å²) in [7, 11) is 0. The van der Waals surface area contributed by atoms with Crippen LogP contribution in [0, 0.1) is 0 Å². The molecular weight excluding hydrogens is 514 g/mol. The maximum Gasteiger partial charge on any atom is 0.226 e. The van der Waals surface area contributed by atoms with Gasteiger partial charge in [0.15, 0.2) is 0 Å². The number of anilines is 1. The first kappa shape index (κ1) is 17.7. The second-order valence-electron chi connectivity index (χ2n) is 5.28. The van der Waals surface area contributed by atoms with E-state index in [-0.39, 0.29) is 0 Å². The van der Waals surface area contributed by atoms with E-state index >= 15 is 0 Å². The van der Waals surface area contributed by atoms with Gasteiger partial charge in [-0.1, -0.05) is 51.9 Å². The first-order valence-corrected chi connectivity index (χ1v) is 9.89. The number of alkyl halides is 1. The molecule has 1 aromatic carbocycles. The van der Waals surface area contributed by atoms with E-state index < -0.39 is 0 Å². The summed E-state index contributed by atoms with van der Waals surface area (Å²) in [6.45, 7) is 1.65. The average Bonchev–Trinajstić information content (AvgIpc) is 2.88. The van der Waals surface area contributed by atoms with E-state index in [4.69, 9.17) is 23.2 Å². The molecule has 3 rings (SSSR count). The zero-order valence-corrected chi connectivity index (χ0v) is 17.3. The minimum atomic E-state index is 0.292. The van der Waals surface area contributed by atoms with E-state index in [1.165, 1.54) is 0 Å². The van der Waals surface area contributed by atoms with Crippen LogP contribution in [0.4, 0.5) is 5.95 Å². The Labute approximate surface area is 167 Å². The molecule has 1 aliphatic rings. The highest BCUT2D eigenvalue weighted by molar-refractivity contribution is 14.1. The molecule has 8 heteroatoms. The summed E-state index contributed by atoms with van der Waals surface area (Å²) in [6, 6.07) is 5.96. The topological polar surface area (TPSA) is 41.0 Å². The number of hydrogen-bond donors (Lipinski definition) is 1. The van der Waals surface area contributed by atoms with Gasteiger partial charge in [-0.25, -0.2) is 9.97 Å². The Balaban J connectivity index is 1.63. The third-order valence-corrected chi connectivity index (χ3v) is 6.28. The van der Waals surface area contributed by atoms with E-state index in [2.05, 4.69) is 58.7 Å². The molecular formula is C15H14BrCl2IN4. The fourth-order valence-corrected chi connectivity index (χ4v) is 4.35. The number of nitrogens with one attached hydrogen (secondary N) is 1. The molecule has 1 aromatic heterocycles. The molecule has 2 unspecified atom stereocenters. The van der Waals surface area contributed by atoms with Gasteiger partial charge >= 0.3 is 0 Å². The van der Waals surface area contributed by atoms with Crippen molar-refractivity contribution in [2.75, 3.05) is 11.4 Å². The largest absolute Gasteiger partial charge is 0.327 e. The number of nitrogens with zero attached hydrogens (tertiary/aromatic N) is 3. The van der Waals surface area contributed by atoms with Gasteiger partial charge in [-0.05, 0) is 40.0 Å². The molecule has 122 valence electrons. The normalized spacial score (nSPS) is 21.0. The second-order valence-corrected chi connectivity index (χ2v) is 8.31. The predicted molar refractivity (Wildman–Crippen MR) is 107 cm³/mol. The fourth-order valence-electron chi connectivity index (χ4n) is 2.53. The summed E-state index contributed by atoms with van der Waals surface area (Å²) in [5.74, 6) is 0.765. The maximum atomic E-state index is 6.23. The van der Waals surface area contributed by atoms with E-state index in [1.54, 1.807) is 18.5 Å². The van der Waals surface area contributed by atoms with Crippen LogP contribution in [0.15, 0.2) is 35.1 Å². The predicted octanol–water partition coefficient (Wildman–Crippen LogP) is 4.68. The minimum absolute atomic E-state index is 0.292. The van der Waals surface area contributed by atoms with Gasteiger partial charge in [-0.2, -0.15) is 0 Å². The molecule has 0 saturated carbocycles. The van der Waals surface area contributed by atoms with Gasteiger partial charge in [-0.15, -0.1) is 0 Å². The molecule has 0 radical (unpaired) electrons. The van der Waals surface area contributed by atoms with E-state index in [0.717, 1.165) is 35.5 Å². The minimum Gasteiger partial charge on any atom is -0.327 e. The molecule has 2 atom stereocenters. The highest BCUT2D eigenvalue weighted by atomic mass is 127. The summed E-state index contributed by atoms with van der Waals surface area (Å²) in [6.07, 6.45) is 4.60. The average molecular weight is 528 g/mol. The summed E-state index contributed by atoms with van der Waals surface area (Å²) in [5.41, 5.74) is 1.05. The molecule has 1 aliphatic heterocycles. The van der Waals surface area contributed by atoms with E-state index in [9.17, 15) is 0 Å². The summed E-state index contributed by atoms with van der Waals surface area (Å²) < 4.78 is 1.18. The molecule has 0 amide bonds. The Morgan fingerprint density at radius 1 is 1.30 bits per heavy atom. The van der Waals surface area contributed by atoms with Crippen molar-refractivity contribution in [3.05, 3.63) is 50.7 Å². The van der Waals surface area contributed by atoms with Gasteiger partial charge in [0.05, 0.1) is 8.52 Å². The van der Waals surface area contributed by atoms with Crippen molar-refractivity contribution in [1.29, 1.82) is 0 Å². The molecule has 1 fully saturated rings. The third kappa shape index (κ3) is 4.28. The molecule has 4 nitrogen and oxygen atoms in total. The first-order valence-electron chi connectivity index (χ1n) is 7.10. The Morgan fingerprint density at radius 2 is 2.04 bits per heavy atom. The Bertz CT molecular complexity index is 686. The molecule has 1 N–H and O–H groups in total. The van der Waals surface area contributed by atoms with Gasteiger partial charge < -0.3 is 10.2 Å². The lowest BCUT2D eigenvalue weighted by atomic mass is 10.2. The molecule has 2 aromatic rings. The number of halogens is 4. The zero-order valence-electron chi connectivity index (χ0n) is 12.0. The van der Waals surface area contributed by atoms with Gasteiger partial charge in [-0.3, -0.25) is 0 Å². The van der Waals surface area contributed by atoms with Crippen LogP contribution >= 0.6 is 61.7 Å². The number of hydrogen-bond acceptors (Lipinski definition) is 4. The monoisotopic (exact) mass is 526 g/mol. The lowest BCUT2D eigenvalue weighted by Crippen LogP contribution is -2.38. The van der Waals surface area contributed by atoms with Crippen LogP contribution in [0.25, 0.3) is 0 Å². The summed E-state index contributed by atoms with van der Waals surface area (Å²) in [5, 5.41) is 4.93. The van der Waals surface area contributed by atoms with Gasteiger partial charge in [0.25, 0.3) is 0 Å². The van der Waals surface area contributed by atoms with Crippen LogP contribution in [-0.4, -0.2) is 26.6 Å². The van der Waals surface area contributed by atoms with Crippen LogP contribution in [0.2, 0.25) is 10.0 Å². The van der Waals surface area contributed by atoms with Crippen LogP contribution in [0.1, 0.15) is 12.0 Å². The van der Waals surface area contributed by atoms with Crippen LogP contribution in [0.3, 0.4) is 0 Å². The van der Waals surface area contributed by atoms with E-state index in [1.807, 2.05) is 12.1 Å². The Kier molecular flexibility index (Phi) is 6.01. The van der Waals surface area contributed by atoms with Crippen molar-refractivity contribution in [2.24, 2.45) is 0 Å². The second kappa shape index (κ2) is 7.82. The SMILES string of the molecule is Clc1ccc(CNC2CCN(c3ncc(Br)cn3)C2I)c(Cl)c1. The first-order chi connectivity index (χ1) is 11.0. The Morgan fingerprint density at radius 3 is 2.74 bits per heavy atom. The van der Waals surface area contributed by atoms with Crippen molar-refractivity contribution in [3.63, 3.8) is 0 Å². The third-order valence-electron chi connectivity index (χ3n) is 3.74. The maximum absolute atomic E-state index is 6.23. The highest BCUT2D eigenvalue weighted by Gasteiger charge is 2.33. The quantitative estimate of drug-likeness (QED) is 0.356. The van der Waals surface area contributed by atoms with E-state index in [0.29, 0.717) is 20.1 Å². The number of aromatic nitrogens is 2. The van der Waals surface area contributed by atoms with Crippen molar-refractivity contribution in [1.82, 2.24) is 15.3 Å². The molecule has 1 saturated heterocycles. The number of rotatable bonds is 4. The molecule has 0 aliphatic carbocycles. The van der Waals surface area contributed by atoms with Crippen LogP contribution in [0.5, 0.6) is 0 Å². The summed E-state index contributed by atoms with van der Waals surface area (Å²) >= 11 is 18.0. The highest BCUT2D eigenvalue weighted by Crippen LogP contribution is 2.28. The van der Waals surface area contributed by atoms with Gasteiger partial charge in [0.1, 0.15) is 0 Å². The lowest BCUT2D eigenvalue weighted by molar-refractivity contribution is 0.542. The van der Waals surface area contributed by atoms with Gasteiger partial charge in [0.2, 0.25) is 5.95 Å². The zero-order chi connectivity index (χ0) is 16.4. The summed E-state index contributed by atoms with van der Waals surface area (Å²) in [4.78, 5) is 11.0. The molecule has 0 bridgehead atoms.